The zero-order valence-corrected chi connectivity index (χ0v) is 13.9. The zero-order valence-electron chi connectivity index (χ0n) is 13.1. The van der Waals surface area contributed by atoms with Crippen LogP contribution in [-0.4, -0.2) is 19.2 Å². The largest absolute Gasteiger partial charge is 0.277 e. The molecule has 0 bridgehead atoms. The van der Waals surface area contributed by atoms with E-state index in [2.05, 4.69) is 9.97 Å². The summed E-state index contributed by atoms with van der Waals surface area (Å²) in [5.74, 6) is 0.559. The van der Waals surface area contributed by atoms with Gasteiger partial charge in [0.25, 0.3) is 11.3 Å². The standard InChI is InChI=1S/C16H16ClFN4O/c1-4-12-9(2)19-16-20-10(3)21(22(16)15(12)23)8-11-5-6-14(18)13(17)7-11/h5-7H,4,8H2,1-3H3. The molecule has 0 atom stereocenters. The van der Waals surface area contributed by atoms with Gasteiger partial charge in [0.15, 0.2) is 0 Å². The molecule has 120 valence electrons. The van der Waals surface area contributed by atoms with Gasteiger partial charge in [0, 0.05) is 5.56 Å². The molecule has 0 spiro atoms. The van der Waals surface area contributed by atoms with Crippen LogP contribution >= 0.6 is 11.6 Å². The Morgan fingerprint density at radius 3 is 2.65 bits per heavy atom. The van der Waals surface area contributed by atoms with Crippen LogP contribution in [0.25, 0.3) is 5.78 Å². The molecule has 23 heavy (non-hydrogen) atoms. The lowest BCUT2D eigenvalue weighted by molar-refractivity contribution is 0.592. The molecular weight excluding hydrogens is 319 g/mol. The molecular formula is C16H16ClFN4O. The minimum Gasteiger partial charge on any atom is -0.267 e. The van der Waals surface area contributed by atoms with Crippen molar-refractivity contribution in [2.45, 2.75) is 33.7 Å². The van der Waals surface area contributed by atoms with Crippen LogP contribution in [0, 0.1) is 19.7 Å². The SMILES string of the molecule is CCc1c(C)nc2nc(C)n(Cc3ccc(F)c(Cl)c3)n2c1=O. The number of hydrogen-bond donors (Lipinski definition) is 0. The Kier molecular flexibility index (Phi) is 3.93. The van der Waals surface area contributed by atoms with Gasteiger partial charge < -0.3 is 0 Å². The molecule has 0 aliphatic carbocycles. The van der Waals surface area contributed by atoms with Gasteiger partial charge in [-0.25, -0.2) is 9.37 Å². The number of benzene rings is 1. The van der Waals surface area contributed by atoms with Crippen molar-refractivity contribution in [1.29, 1.82) is 0 Å². The molecule has 0 saturated heterocycles. The van der Waals surface area contributed by atoms with Crippen LogP contribution in [-0.2, 0) is 13.0 Å². The quantitative estimate of drug-likeness (QED) is 0.740. The first-order chi connectivity index (χ1) is 10.9. The second kappa shape index (κ2) is 5.77. The fourth-order valence-electron chi connectivity index (χ4n) is 2.68. The van der Waals surface area contributed by atoms with Gasteiger partial charge >= 0.3 is 0 Å². The summed E-state index contributed by atoms with van der Waals surface area (Å²) < 4.78 is 16.5. The number of fused-ring (bicyclic) bond motifs is 1. The van der Waals surface area contributed by atoms with E-state index in [1.807, 2.05) is 13.8 Å². The summed E-state index contributed by atoms with van der Waals surface area (Å²) in [5.41, 5.74) is 2.03. The Bertz CT molecular complexity index is 961. The summed E-state index contributed by atoms with van der Waals surface area (Å²) >= 11 is 5.83. The number of aryl methyl sites for hydroxylation is 2. The van der Waals surface area contributed by atoms with Crippen molar-refractivity contribution < 1.29 is 4.39 Å². The van der Waals surface area contributed by atoms with Crippen molar-refractivity contribution in [2.75, 3.05) is 0 Å². The third kappa shape index (κ3) is 2.63. The molecule has 0 saturated carbocycles. The molecule has 0 aliphatic rings. The zero-order chi connectivity index (χ0) is 16.7. The average Bonchev–Trinajstić information content (AvgIpc) is 2.79. The van der Waals surface area contributed by atoms with Crippen molar-refractivity contribution in [2.24, 2.45) is 0 Å². The van der Waals surface area contributed by atoms with E-state index in [0.717, 1.165) is 5.56 Å². The summed E-state index contributed by atoms with van der Waals surface area (Å²) in [5, 5.41) is 0.0557. The molecule has 2 heterocycles. The van der Waals surface area contributed by atoms with Crippen LogP contribution in [0.4, 0.5) is 4.39 Å². The van der Waals surface area contributed by atoms with E-state index in [1.54, 1.807) is 23.7 Å². The molecule has 0 radical (unpaired) electrons. The van der Waals surface area contributed by atoms with Gasteiger partial charge in [0.05, 0.1) is 17.3 Å². The number of halogens is 2. The molecule has 0 amide bonds. The maximum atomic E-state index is 13.3. The number of hydrogen-bond acceptors (Lipinski definition) is 3. The highest BCUT2D eigenvalue weighted by molar-refractivity contribution is 6.30. The highest BCUT2D eigenvalue weighted by atomic mass is 35.5. The summed E-state index contributed by atoms with van der Waals surface area (Å²) in [6, 6.07) is 4.50. The van der Waals surface area contributed by atoms with E-state index in [4.69, 9.17) is 11.6 Å². The highest BCUT2D eigenvalue weighted by Crippen LogP contribution is 2.17. The van der Waals surface area contributed by atoms with Crippen LogP contribution in [0.1, 0.15) is 29.6 Å². The molecule has 0 unspecified atom stereocenters. The number of nitrogens with zero attached hydrogens (tertiary/aromatic N) is 4. The second-order valence-corrected chi connectivity index (χ2v) is 5.82. The maximum Gasteiger partial charge on any atom is 0.277 e. The van der Waals surface area contributed by atoms with Gasteiger partial charge in [-0.15, -0.1) is 0 Å². The molecule has 3 rings (SSSR count). The number of aromatic nitrogens is 4. The summed E-state index contributed by atoms with van der Waals surface area (Å²) in [4.78, 5) is 21.5. The molecule has 0 aliphatic heterocycles. The summed E-state index contributed by atoms with van der Waals surface area (Å²) in [6.07, 6.45) is 0.604. The van der Waals surface area contributed by atoms with Gasteiger partial charge in [-0.05, 0) is 38.0 Å². The minimum absolute atomic E-state index is 0.0557. The summed E-state index contributed by atoms with van der Waals surface area (Å²) in [6.45, 7) is 5.90. The van der Waals surface area contributed by atoms with Gasteiger partial charge in [-0.1, -0.05) is 24.6 Å². The minimum atomic E-state index is -0.467. The lowest BCUT2D eigenvalue weighted by atomic mass is 10.2. The van der Waals surface area contributed by atoms with E-state index < -0.39 is 5.82 Å². The molecule has 7 heteroatoms. The van der Waals surface area contributed by atoms with Crippen molar-refractivity contribution in [3.8, 4) is 0 Å². The first-order valence-electron chi connectivity index (χ1n) is 7.32. The van der Waals surface area contributed by atoms with E-state index in [0.29, 0.717) is 35.8 Å². The van der Waals surface area contributed by atoms with E-state index in [9.17, 15) is 9.18 Å². The van der Waals surface area contributed by atoms with Gasteiger partial charge in [0.1, 0.15) is 11.6 Å². The van der Waals surface area contributed by atoms with E-state index in [1.165, 1.54) is 10.6 Å². The van der Waals surface area contributed by atoms with Crippen LogP contribution in [0.3, 0.4) is 0 Å². The smallest absolute Gasteiger partial charge is 0.267 e. The van der Waals surface area contributed by atoms with Crippen LogP contribution < -0.4 is 5.56 Å². The molecule has 2 aromatic heterocycles. The van der Waals surface area contributed by atoms with E-state index >= 15 is 0 Å². The Morgan fingerprint density at radius 1 is 1.26 bits per heavy atom. The Balaban J connectivity index is 2.19. The fourth-order valence-corrected chi connectivity index (χ4v) is 2.88. The third-order valence-electron chi connectivity index (χ3n) is 3.89. The predicted molar refractivity (Wildman–Crippen MR) is 86.6 cm³/mol. The van der Waals surface area contributed by atoms with Crippen molar-refractivity contribution in [1.82, 2.24) is 19.2 Å². The first kappa shape index (κ1) is 15.7. The maximum absolute atomic E-state index is 13.3. The van der Waals surface area contributed by atoms with Crippen molar-refractivity contribution in [3.63, 3.8) is 0 Å². The monoisotopic (exact) mass is 334 g/mol. The van der Waals surface area contributed by atoms with Gasteiger partial charge in [0.2, 0.25) is 0 Å². The summed E-state index contributed by atoms with van der Waals surface area (Å²) in [7, 11) is 0. The van der Waals surface area contributed by atoms with Gasteiger partial charge in [-0.3, -0.25) is 9.48 Å². The van der Waals surface area contributed by atoms with E-state index in [-0.39, 0.29) is 10.6 Å². The molecule has 3 aromatic rings. The third-order valence-corrected chi connectivity index (χ3v) is 4.18. The van der Waals surface area contributed by atoms with Crippen LogP contribution in [0.5, 0.6) is 0 Å². The first-order valence-corrected chi connectivity index (χ1v) is 7.69. The van der Waals surface area contributed by atoms with Gasteiger partial charge in [-0.2, -0.15) is 9.50 Å². The normalized spacial score (nSPS) is 11.3. The van der Waals surface area contributed by atoms with Crippen molar-refractivity contribution in [3.05, 3.63) is 62.0 Å². The highest BCUT2D eigenvalue weighted by Gasteiger charge is 2.15. The van der Waals surface area contributed by atoms with Crippen LogP contribution in [0.2, 0.25) is 5.02 Å². The molecule has 5 nitrogen and oxygen atoms in total. The molecule has 1 aromatic carbocycles. The molecule has 0 fully saturated rings. The molecule has 0 N–H and O–H groups in total. The van der Waals surface area contributed by atoms with Crippen molar-refractivity contribution >= 4 is 17.4 Å². The average molecular weight is 335 g/mol. The Morgan fingerprint density at radius 2 is 2.00 bits per heavy atom. The lowest BCUT2D eigenvalue weighted by Crippen LogP contribution is -2.26. The Labute approximate surface area is 137 Å². The fraction of sp³-hybridized carbons (Fsp3) is 0.312. The Hall–Kier alpha value is -2.21. The lowest BCUT2D eigenvalue weighted by Gasteiger charge is -2.09. The topological polar surface area (TPSA) is 52.2 Å². The predicted octanol–water partition coefficient (Wildman–Crippen LogP) is 2.91. The number of rotatable bonds is 3. The second-order valence-electron chi connectivity index (χ2n) is 5.41. The van der Waals surface area contributed by atoms with Crippen LogP contribution in [0.15, 0.2) is 23.0 Å².